The SMILES string of the molecule is CCC(C)(C)NC(=O)COC(=O)C1c2ccccc2Oc2ccccc21. The first-order chi connectivity index (χ1) is 12.4. The van der Waals surface area contributed by atoms with Crippen LogP contribution in [0.5, 0.6) is 11.5 Å². The van der Waals surface area contributed by atoms with E-state index in [0.717, 1.165) is 17.5 Å². The van der Waals surface area contributed by atoms with Crippen LogP contribution in [0.3, 0.4) is 0 Å². The molecule has 3 rings (SSSR count). The van der Waals surface area contributed by atoms with Crippen molar-refractivity contribution in [3.05, 3.63) is 59.7 Å². The number of para-hydroxylation sites is 2. The fourth-order valence-corrected chi connectivity index (χ4v) is 2.89. The van der Waals surface area contributed by atoms with Gasteiger partial charge < -0.3 is 14.8 Å². The molecule has 1 aliphatic rings. The molecular weight excluding hydrogens is 330 g/mol. The lowest BCUT2D eigenvalue weighted by molar-refractivity contribution is -0.149. The van der Waals surface area contributed by atoms with E-state index in [-0.39, 0.29) is 18.1 Å². The highest BCUT2D eigenvalue weighted by Gasteiger charge is 2.34. The minimum Gasteiger partial charge on any atom is -0.457 e. The van der Waals surface area contributed by atoms with Gasteiger partial charge in [-0.1, -0.05) is 43.3 Å². The average molecular weight is 353 g/mol. The van der Waals surface area contributed by atoms with E-state index < -0.39 is 11.9 Å². The zero-order valence-electron chi connectivity index (χ0n) is 15.2. The van der Waals surface area contributed by atoms with Gasteiger partial charge in [0, 0.05) is 16.7 Å². The van der Waals surface area contributed by atoms with Gasteiger partial charge in [-0.2, -0.15) is 0 Å². The van der Waals surface area contributed by atoms with Crippen LogP contribution in [0.1, 0.15) is 44.2 Å². The lowest BCUT2D eigenvalue weighted by atomic mass is 9.88. The van der Waals surface area contributed by atoms with E-state index in [1.807, 2.05) is 69.3 Å². The van der Waals surface area contributed by atoms with Crippen LogP contribution in [-0.4, -0.2) is 24.0 Å². The molecule has 1 aliphatic heterocycles. The Kier molecular flexibility index (Phi) is 4.98. The van der Waals surface area contributed by atoms with Gasteiger partial charge in [0.2, 0.25) is 0 Å². The minimum atomic E-state index is -0.608. The predicted octanol–water partition coefficient (Wildman–Crippen LogP) is 3.77. The first-order valence-corrected chi connectivity index (χ1v) is 8.74. The van der Waals surface area contributed by atoms with E-state index in [1.54, 1.807) is 0 Å². The van der Waals surface area contributed by atoms with Crippen LogP contribution in [0.25, 0.3) is 0 Å². The Balaban J connectivity index is 1.78. The Morgan fingerprint density at radius 3 is 2.12 bits per heavy atom. The maximum atomic E-state index is 12.8. The smallest absolute Gasteiger partial charge is 0.318 e. The van der Waals surface area contributed by atoms with E-state index in [2.05, 4.69) is 5.32 Å². The third-order valence-electron chi connectivity index (χ3n) is 4.62. The van der Waals surface area contributed by atoms with Crippen LogP contribution >= 0.6 is 0 Å². The molecule has 26 heavy (non-hydrogen) atoms. The number of rotatable bonds is 5. The van der Waals surface area contributed by atoms with Crippen LogP contribution in [0.15, 0.2) is 48.5 Å². The summed E-state index contributed by atoms with van der Waals surface area (Å²) in [6, 6.07) is 14.8. The molecule has 5 nitrogen and oxygen atoms in total. The van der Waals surface area contributed by atoms with Crippen LogP contribution in [0.2, 0.25) is 0 Å². The Morgan fingerprint density at radius 1 is 1.04 bits per heavy atom. The highest BCUT2D eigenvalue weighted by molar-refractivity contribution is 5.88. The van der Waals surface area contributed by atoms with Crippen molar-refractivity contribution < 1.29 is 19.1 Å². The molecule has 0 saturated carbocycles. The van der Waals surface area contributed by atoms with Gasteiger partial charge in [0.1, 0.15) is 17.4 Å². The number of benzene rings is 2. The molecule has 2 aromatic rings. The minimum absolute atomic E-state index is 0.302. The summed E-state index contributed by atoms with van der Waals surface area (Å²) in [6.07, 6.45) is 0.785. The number of amides is 1. The first-order valence-electron chi connectivity index (χ1n) is 8.74. The molecule has 0 aromatic heterocycles. The van der Waals surface area contributed by atoms with Crippen LogP contribution in [0.4, 0.5) is 0 Å². The third kappa shape index (κ3) is 3.72. The van der Waals surface area contributed by atoms with Crippen molar-refractivity contribution in [1.82, 2.24) is 5.32 Å². The first kappa shape index (κ1) is 18.0. The molecule has 1 amide bonds. The summed E-state index contributed by atoms with van der Waals surface area (Å²) >= 11 is 0. The maximum absolute atomic E-state index is 12.8. The van der Waals surface area contributed by atoms with Crippen molar-refractivity contribution in [3.8, 4) is 11.5 Å². The number of carbonyl (C=O) groups excluding carboxylic acids is 2. The fourth-order valence-electron chi connectivity index (χ4n) is 2.89. The zero-order valence-corrected chi connectivity index (χ0v) is 15.2. The predicted molar refractivity (Wildman–Crippen MR) is 98.3 cm³/mol. The quantitative estimate of drug-likeness (QED) is 0.831. The Hall–Kier alpha value is -2.82. The molecule has 1 N–H and O–H groups in total. The van der Waals surface area contributed by atoms with Crippen molar-refractivity contribution in [2.75, 3.05) is 6.61 Å². The van der Waals surface area contributed by atoms with Gasteiger partial charge in [-0.25, -0.2) is 0 Å². The number of ether oxygens (including phenoxy) is 2. The lowest BCUT2D eigenvalue weighted by Crippen LogP contribution is -2.44. The molecule has 0 atom stereocenters. The van der Waals surface area contributed by atoms with Crippen molar-refractivity contribution in [1.29, 1.82) is 0 Å². The second kappa shape index (κ2) is 7.20. The fraction of sp³-hybridized carbons (Fsp3) is 0.333. The standard InChI is InChI=1S/C21H23NO4/c1-4-21(2,3)22-18(23)13-25-20(24)19-14-9-5-7-11-16(14)26-17-12-8-6-10-15(17)19/h5-12,19H,4,13H2,1-3H3,(H,22,23). The average Bonchev–Trinajstić information content (AvgIpc) is 2.63. The molecule has 0 spiro atoms. The van der Waals surface area contributed by atoms with Gasteiger partial charge in [0.05, 0.1) is 0 Å². The van der Waals surface area contributed by atoms with Gasteiger partial charge >= 0.3 is 5.97 Å². The van der Waals surface area contributed by atoms with Gasteiger partial charge in [-0.15, -0.1) is 0 Å². The Labute approximate surface area is 153 Å². The van der Waals surface area contributed by atoms with Gasteiger partial charge in [0.15, 0.2) is 6.61 Å². The topological polar surface area (TPSA) is 64.6 Å². The molecule has 136 valence electrons. The maximum Gasteiger partial charge on any atom is 0.318 e. The highest BCUT2D eigenvalue weighted by Crippen LogP contribution is 2.44. The number of fused-ring (bicyclic) bond motifs is 2. The summed E-state index contributed by atoms with van der Waals surface area (Å²) in [7, 11) is 0. The molecule has 0 fully saturated rings. The molecule has 0 unspecified atom stereocenters. The molecule has 0 bridgehead atoms. The lowest BCUT2D eigenvalue weighted by Gasteiger charge is -2.27. The van der Waals surface area contributed by atoms with Gasteiger partial charge in [-0.3, -0.25) is 9.59 Å². The van der Waals surface area contributed by atoms with Crippen LogP contribution in [0, 0.1) is 0 Å². The summed E-state index contributed by atoms with van der Waals surface area (Å²) in [5, 5.41) is 2.86. The molecule has 1 heterocycles. The normalized spacial score (nSPS) is 13.2. The molecular formula is C21H23NO4. The highest BCUT2D eigenvalue weighted by atomic mass is 16.5. The summed E-state index contributed by atoms with van der Waals surface area (Å²) in [4.78, 5) is 24.9. The number of hydrogen-bond acceptors (Lipinski definition) is 4. The monoisotopic (exact) mass is 353 g/mol. The molecule has 5 heteroatoms. The number of nitrogens with one attached hydrogen (secondary N) is 1. The molecule has 0 radical (unpaired) electrons. The van der Waals surface area contributed by atoms with E-state index in [1.165, 1.54) is 0 Å². The number of hydrogen-bond donors (Lipinski definition) is 1. The van der Waals surface area contributed by atoms with Gasteiger partial charge in [0.25, 0.3) is 5.91 Å². The summed E-state index contributed by atoms with van der Waals surface area (Å²) in [5.74, 6) is -0.117. The number of esters is 1. The van der Waals surface area contributed by atoms with E-state index in [4.69, 9.17) is 9.47 Å². The van der Waals surface area contributed by atoms with E-state index >= 15 is 0 Å². The Morgan fingerprint density at radius 2 is 1.58 bits per heavy atom. The molecule has 2 aromatic carbocycles. The molecule has 0 aliphatic carbocycles. The summed E-state index contributed by atoms with van der Waals surface area (Å²) in [5.41, 5.74) is 1.15. The van der Waals surface area contributed by atoms with Crippen molar-refractivity contribution >= 4 is 11.9 Å². The Bertz CT molecular complexity index is 783. The second-order valence-corrected chi connectivity index (χ2v) is 7.00. The summed E-state index contributed by atoms with van der Waals surface area (Å²) in [6.45, 7) is 5.54. The zero-order chi connectivity index (χ0) is 18.7. The second-order valence-electron chi connectivity index (χ2n) is 7.00. The van der Waals surface area contributed by atoms with Crippen molar-refractivity contribution in [3.63, 3.8) is 0 Å². The van der Waals surface area contributed by atoms with E-state index in [9.17, 15) is 9.59 Å². The van der Waals surface area contributed by atoms with Gasteiger partial charge in [-0.05, 0) is 32.4 Å². The molecule has 0 saturated heterocycles. The summed E-state index contributed by atoms with van der Waals surface area (Å²) < 4.78 is 11.2. The van der Waals surface area contributed by atoms with Crippen LogP contribution in [-0.2, 0) is 14.3 Å². The van der Waals surface area contributed by atoms with Crippen molar-refractivity contribution in [2.24, 2.45) is 0 Å². The van der Waals surface area contributed by atoms with E-state index in [0.29, 0.717) is 11.5 Å². The van der Waals surface area contributed by atoms with Crippen molar-refractivity contribution in [2.45, 2.75) is 38.6 Å². The largest absolute Gasteiger partial charge is 0.457 e. The number of carbonyl (C=O) groups is 2. The third-order valence-corrected chi connectivity index (χ3v) is 4.62. The van der Waals surface area contributed by atoms with Crippen LogP contribution < -0.4 is 10.1 Å².